The first-order valence-corrected chi connectivity index (χ1v) is 7.48. The number of carbonyl (C=O) groups excluding carboxylic acids is 3. The fourth-order valence-corrected chi connectivity index (χ4v) is 2.27. The van der Waals surface area contributed by atoms with Gasteiger partial charge in [0.05, 0.1) is 6.33 Å². The number of hydrogen-bond acceptors (Lipinski definition) is 5. The van der Waals surface area contributed by atoms with Crippen molar-refractivity contribution < 1.29 is 19.1 Å². The lowest BCUT2D eigenvalue weighted by molar-refractivity contribution is -0.156. The zero-order valence-electron chi connectivity index (χ0n) is 14.0. The number of rotatable bonds is 3. The van der Waals surface area contributed by atoms with E-state index in [1.54, 1.807) is 25.3 Å². The summed E-state index contributed by atoms with van der Waals surface area (Å²) in [6.07, 6.45) is 1.46. The minimum atomic E-state index is -0.843. The van der Waals surface area contributed by atoms with Crippen molar-refractivity contribution in [1.29, 1.82) is 0 Å². The van der Waals surface area contributed by atoms with Crippen LogP contribution in [0.4, 0.5) is 0 Å². The smallest absolute Gasteiger partial charge is 0.328 e. The molecule has 1 aromatic rings. The molecular weight excluding hydrogens is 300 g/mol. The van der Waals surface area contributed by atoms with Gasteiger partial charge in [0.15, 0.2) is 5.69 Å². The van der Waals surface area contributed by atoms with E-state index in [9.17, 15) is 14.4 Å². The highest BCUT2D eigenvalue weighted by molar-refractivity contribution is 6.06. The fraction of sp³-hybridized carbons (Fsp3) is 0.600. The lowest BCUT2D eigenvalue weighted by atomic mass is 10.2. The van der Waals surface area contributed by atoms with Crippen LogP contribution in [0.15, 0.2) is 6.33 Å². The molecule has 2 atom stereocenters. The highest BCUT2D eigenvalue weighted by atomic mass is 16.6. The van der Waals surface area contributed by atoms with Crippen LogP contribution in [0.3, 0.4) is 0 Å². The van der Waals surface area contributed by atoms with E-state index in [0.29, 0.717) is 6.54 Å². The predicted octanol–water partition coefficient (Wildman–Crippen LogP) is 0.475. The van der Waals surface area contributed by atoms with E-state index in [1.807, 2.05) is 6.92 Å². The van der Waals surface area contributed by atoms with Gasteiger partial charge >= 0.3 is 5.97 Å². The topological polar surface area (TPSA) is 102 Å². The number of aromatic nitrogens is 2. The molecule has 0 fully saturated rings. The van der Waals surface area contributed by atoms with Gasteiger partial charge in [-0.1, -0.05) is 0 Å². The molecule has 2 amide bonds. The lowest BCUT2D eigenvalue weighted by Gasteiger charge is -2.23. The number of amides is 2. The molecule has 2 N–H and O–H groups in total. The van der Waals surface area contributed by atoms with E-state index in [1.165, 1.54) is 13.3 Å². The Morgan fingerprint density at radius 2 is 2.13 bits per heavy atom. The second-order valence-electron chi connectivity index (χ2n) is 6.70. The van der Waals surface area contributed by atoms with E-state index in [0.717, 1.165) is 0 Å². The zero-order valence-corrected chi connectivity index (χ0v) is 14.0. The van der Waals surface area contributed by atoms with Gasteiger partial charge in [0, 0.05) is 12.6 Å². The van der Waals surface area contributed by atoms with Crippen molar-refractivity contribution in [3.8, 4) is 0 Å². The molecule has 0 bridgehead atoms. The summed E-state index contributed by atoms with van der Waals surface area (Å²) in [6, 6.07) is -0.870. The third kappa shape index (κ3) is 3.88. The van der Waals surface area contributed by atoms with Crippen LogP contribution in [0.2, 0.25) is 0 Å². The van der Waals surface area contributed by atoms with Crippen molar-refractivity contribution in [2.45, 2.75) is 58.8 Å². The van der Waals surface area contributed by atoms with Crippen molar-refractivity contribution in [2.75, 3.05) is 0 Å². The van der Waals surface area contributed by atoms with Crippen LogP contribution in [-0.2, 0) is 16.1 Å². The Morgan fingerprint density at radius 1 is 1.48 bits per heavy atom. The van der Waals surface area contributed by atoms with Gasteiger partial charge in [-0.05, 0) is 34.6 Å². The standard InChI is InChI=1S/C15H22N4O4/c1-8-6-19-7-16-10(11(19)13(21)17-8)12(20)18-9(2)14(22)23-15(3,4)5/h7-9H,6H2,1-5H3,(H,17,21)(H,18,20)/t8-,9-/m0/s1. The SMILES string of the molecule is C[C@H](NC(=O)c1ncn2c1C(=O)N[C@@H](C)C2)C(=O)OC(C)(C)C. The first-order chi connectivity index (χ1) is 10.6. The monoisotopic (exact) mass is 322 g/mol. The third-order valence-electron chi connectivity index (χ3n) is 3.22. The van der Waals surface area contributed by atoms with E-state index in [4.69, 9.17) is 4.74 Å². The van der Waals surface area contributed by atoms with E-state index < -0.39 is 23.5 Å². The summed E-state index contributed by atoms with van der Waals surface area (Å²) in [4.78, 5) is 40.3. The molecule has 0 spiro atoms. The molecule has 2 heterocycles. The Bertz CT molecular complexity index is 644. The van der Waals surface area contributed by atoms with E-state index >= 15 is 0 Å². The normalized spacial score (nSPS) is 18.7. The summed E-state index contributed by atoms with van der Waals surface area (Å²) in [5, 5.41) is 5.27. The molecule has 0 aromatic carbocycles. The molecule has 8 heteroatoms. The molecule has 23 heavy (non-hydrogen) atoms. The Balaban J connectivity index is 2.11. The van der Waals surface area contributed by atoms with Crippen LogP contribution >= 0.6 is 0 Å². The molecule has 126 valence electrons. The van der Waals surface area contributed by atoms with Crippen LogP contribution in [0.5, 0.6) is 0 Å². The summed E-state index contributed by atoms with van der Waals surface area (Å²) in [5.41, 5.74) is -0.429. The molecule has 8 nitrogen and oxygen atoms in total. The second kappa shape index (κ2) is 6.02. The van der Waals surface area contributed by atoms with Gasteiger partial charge in [0.25, 0.3) is 11.8 Å². The summed E-state index contributed by atoms with van der Waals surface area (Å²) in [7, 11) is 0. The summed E-state index contributed by atoms with van der Waals surface area (Å²) < 4.78 is 6.84. The molecular formula is C15H22N4O4. The van der Waals surface area contributed by atoms with Gasteiger partial charge in [-0.2, -0.15) is 0 Å². The minimum absolute atomic E-state index is 0.00445. The quantitative estimate of drug-likeness (QED) is 0.788. The van der Waals surface area contributed by atoms with Crippen molar-refractivity contribution >= 4 is 17.8 Å². The van der Waals surface area contributed by atoms with Gasteiger partial charge in [0.2, 0.25) is 0 Å². The summed E-state index contributed by atoms with van der Waals surface area (Å²) in [5.74, 6) is -1.48. The van der Waals surface area contributed by atoms with Crippen LogP contribution in [0.1, 0.15) is 55.6 Å². The fourth-order valence-electron chi connectivity index (χ4n) is 2.27. The lowest BCUT2D eigenvalue weighted by Crippen LogP contribution is -2.45. The van der Waals surface area contributed by atoms with Crippen LogP contribution in [0.25, 0.3) is 0 Å². The molecule has 0 saturated heterocycles. The van der Waals surface area contributed by atoms with Crippen molar-refractivity contribution in [3.63, 3.8) is 0 Å². The maximum atomic E-state index is 12.3. The number of ether oxygens (including phenoxy) is 1. The maximum absolute atomic E-state index is 12.3. The number of fused-ring (bicyclic) bond motifs is 1. The molecule has 0 saturated carbocycles. The summed E-state index contributed by atoms with van der Waals surface area (Å²) in [6.45, 7) is 9.18. The molecule has 1 aliphatic rings. The van der Waals surface area contributed by atoms with E-state index in [-0.39, 0.29) is 23.3 Å². The highest BCUT2D eigenvalue weighted by Gasteiger charge is 2.31. The Labute approximate surface area is 134 Å². The molecule has 2 rings (SSSR count). The largest absolute Gasteiger partial charge is 0.458 e. The number of carbonyl (C=O) groups is 3. The predicted molar refractivity (Wildman–Crippen MR) is 81.9 cm³/mol. The Kier molecular flexibility index (Phi) is 4.44. The van der Waals surface area contributed by atoms with Gasteiger partial charge < -0.3 is 19.9 Å². The third-order valence-corrected chi connectivity index (χ3v) is 3.22. The van der Waals surface area contributed by atoms with Gasteiger partial charge in [-0.3, -0.25) is 9.59 Å². The first kappa shape index (κ1) is 17.0. The molecule has 1 aliphatic heterocycles. The molecule has 0 unspecified atom stereocenters. The second-order valence-corrected chi connectivity index (χ2v) is 6.70. The molecule has 0 radical (unpaired) electrons. The maximum Gasteiger partial charge on any atom is 0.328 e. The Morgan fingerprint density at radius 3 is 2.74 bits per heavy atom. The Hall–Kier alpha value is -2.38. The number of esters is 1. The van der Waals surface area contributed by atoms with Crippen LogP contribution in [0, 0.1) is 0 Å². The number of hydrogen-bond donors (Lipinski definition) is 2. The van der Waals surface area contributed by atoms with E-state index in [2.05, 4.69) is 15.6 Å². The highest BCUT2D eigenvalue weighted by Crippen LogP contribution is 2.14. The van der Waals surface area contributed by atoms with Gasteiger partial charge in [-0.15, -0.1) is 0 Å². The first-order valence-electron chi connectivity index (χ1n) is 7.48. The number of nitrogens with one attached hydrogen (secondary N) is 2. The van der Waals surface area contributed by atoms with Crippen LogP contribution < -0.4 is 10.6 Å². The van der Waals surface area contributed by atoms with Crippen molar-refractivity contribution in [1.82, 2.24) is 20.2 Å². The average Bonchev–Trinajstić information content (AvgIpc) is 2.80. The van der Waals surface area contributed by atoms with Crippen LogP contribution in [-0.4, -0.2) is 45.0 Å². The summed E-state index contributed by atoms with van der Waals surface area (Å²) >= 11 is 0. The van der Waals surface area contributed by atoms with Crippen molar-refractivity contribution in [2.24, 2.45) is 0 Å². The van der Waals surface area contributed by atoms with Crippen molar-refractivity contribution in [3.05, 3.63) is 17.7 Å². The number of imidazole rings is 1. The van der Waals surface area contributed by atoms with Gasteiger partial charge in [-0.25, -0.2) is 9.78 Å². The van der Waals surface area contributed by atoms with Gasteiger partial charge in [0.1, 0.15) is 17.3 Å². The zero-order chi connectivity index (χ0) is 17.4. The minimum Gasteiger partial charge on any atom is -0.458 e. The molecule has 1 aromatic heterocycles. The average molecular weight is 322 g/mol. The molecule has 0 aliphatic carbocycles. The number of nitrogens with zero attached hydrogens (tertiary/aromatic N) is 2.